The molecule has 0 bridgehead atoms. The van der Waals surface area contributed by atoms with Crippen LogP contribution in [0.1, 0.15) is 18.2 Å². The molecule has 35 heavy (non-hydrogen) atoms. The highest BCUT2D eigenvalue weighted by Gasteiger charge is 2.15. The van der Waals surface area contributed by atoms with Crippen LogP contribution in [0.3, 0.4) is 0 Å². The number of benzene rings is 1. The molecule has 0 aliphatic rings. The van der Waals surface area contributed by atoms with E-state index in [-0.39, 0.29) is 19.1 Å². The number of methoxy groups -OCH3 is 1. The van der Waals surface area contributed by atoms with Crippen molar-refractivity contribution in [2.75, 3.05) is 31.8 Å². The van der Waals surface area contributed by atoms with Gasteiger partial charge in [-0.25, -0.2) is 4.98 Å². The van der Waals surface area contributed by atoms with E-state index in [2.05, 4.69) is 16.9 Å². The van der Waals surface area contributed by atoms with Crippen molar-refractivity contribution in [1.82, 2.24) is 15.3 Å². The predicted molar refractivity (Wildman–Crippen MR) is 138 cm³/mol. The number of nitrogens with one attached hydrogen (secondary N) is 1. The molecule has 0 aliphatic heterocycles. The zero-order valence-electron chi connectivity index (χ0n) is 20.1. The van der Waals surface area contributed by atoms with Gasteiger partial charge < -0.3 is 24.4 Å². The zero-order valence-corrected chi connectivity index (χ0v) is 20.8. The Labute approximate surface area is 210 Å². The lowest BCUT2D eigenvalue weighted by atomic mass is 10.1. The molecule has 1 N–H and O–H groups in total. The Balaban J connectivity index is 1.84. The lowest BCUT2D eigenvalue weighted by Crippen LogP contribution is -2.31. The van der Waals surface area contributed by atoms with E-state index in [0.717, 1.165) is 16.8 Å². The third-order valence-corrected chi connectivity index (χ3v) is 5.34. The van der Waals surface area contributed by atoms with Crippen LogP contribution in [0.25, 0.3) is 10.9 Å². The highest BCUT2D eigenvalue weighted by molar-refractivity contribution is 6.31. The maximum atomic E-state index is 12.0. The topological polar surface area (TPSA) is 85.8 Å². The van der Waals surface area contributed by atoms with E-state index in [1.807, 2.05) is 55.3 Å². The number of amides is 1. The van der Waals surface area contributed by atoms with E-state index in [9.17, 15) is 4.79 Å². The molecule has 0 saturated heterocycles. The molecule has 0 spiro atoms. The van der Waals surface area contributed by atoms with Gasteiger partial charge in [-0.05, 0) is 26.0 Å². The average Bonchev–Trinajstić information content (AvgIpc) is 2.85. The quantitative estimate of drug-likeness (QED) is 0.360. The molecule has 1 amide bonds. The van der Waals surface area contributed by atoms with Crippen LogP contribution < -0.4 is 19.7 Å². The van der Waals surface area contributed by atoms with Gasteiger partial charge in [0.2, 0.25) is 0 Å². The molecule has 2 heterocycles. The summed E-state index contributed by atoms with van der Waals surface area (Å²) in [4.78, 5) is 22.7. The Morgan fingerprint density at radius 2 is 2.09 bits per heavy atom. The summed E-state index contributed by atoms with van der Waals surface area (Å²) in [6.45, 7) is 8.53. The summed E-state index contributed by atoms with van der Waals surface area (Å²) in [5.74, 6) is 0.687. The molecule has 2 aromatic heterocycles. The summed E-state index contributed by atoms with van der Waals surface area (Å²) in [6.07, 6.45) is 8.63. The molecule has 9 heteroatoms. The number of allylic oxidation sites excluding steroid dienone is 1. The molecule has 0 aliphatic carbocycles. The van der Waals surface area contributed by atoms with E-state index >= 15 is 0 Å². The molecule has 0 fully saturated rings. The number of aryl methyl sites for hydroxylation is 1. The lowest BCUT2D eigenvalue weighted by molar-refractivity contribution is -0.123. The van der Waals surface area contributed by atoms with Crippen LogP contribution in [0.4, 0.5) is 5.69 Å². The van der Waals surface area contributed by atoms with Crippen LogP contribution >= 0.6 is 11.6 Å². The summed E-state index contributed by atoms with van der Waals surface area (Å²) >= 11 is 6.40. The van der Waals surface area contributed by atoms with Gasteiger partial charge in [0.1, 0.15) is 23.6 Å². The van der Waals surface area contributed by atoms with Crippen molar-refractivity contribution in [1.29, 1.82) is 0 Å². The molecule has 3 rings (SSSR count). The Bertz CT molecular complexity index is 1220. The molecule has 3 aromatic rings. The molecule has 0 atom stereocenters. The van der Waals surface area contributed by atoms with Crippen LogP contribution in [0.2, 0.25) is 5.02 Å². The number of halogens is 1. The molecular formula is C26H29ClN4O4. The Morgan fingerprint density at radius 1 is 1.26 bits per heavy atom. The van der Waals surface area contributed by atoms with Gasteiger partial charge in [0.15, 0.2) is 6.61 Å². The molecule has 8 nitrogen and oxygen atoms in total. The van der Waals surface area contributed by atoms with Gasteiger partial charge in [-0.1, -0.05) is 36.4 Å². The number of carbonyl (C=O) groups excluding carboxylic acids is 1. The van der Waals surface area contributed by atoms with Gasteiger partial charge in [0.25, 0.3) is 5.91 Å². The first kappa shape index (κ1) is 26.0. The van der Waals surface area contributed by atoms with Gasteiger partial charge >= 0.3 is 0 Å². The van der Waals surface area contributed by atoms with E-state index in [4.69, 9.17) is 30.8 Å². The second-order valence-corrected chi connectivity index (χ2v) is 7.93. The van der Waals surface area contributed by atoms with Crippen LogP contribution in [-0.4, -0.2) is 42.7 Å². The normalized spacial score (nSPS) is 11.0. The third-order valence-electron chi connectivity index (χ3n) is 5.02. The van der Waals surface area contributed by atoms with Crippen LogP contribution in [0.15, 0.2) is 61.7 Å². The zero-order chi connectivity index (χ0) is 25.2. The maximum absolute atomic E-state index is 12.0. The number of para-hydroxylation sites is 1. The first-order valence-corrected chi connectivity index (χ1v) is 11.4. The largest absolute Gasteiger partial charge is 0.486 e. The monoisotopic (exact) mass is 496 g/mol. The summed E-state index contributed by atoms with van der Waals surface area (Å²) in [5, 5.41) is 3.99. The van der Waals surface area contributed by atoms with Crippen LogP contribution in [0.5, 0.6) is 11.5 Å². The van der Waals surface area contributed by atoms with Crippen molar-refractivity contribution in [2.24, 2.45) is 0 Å². The number of carbonyl (C=O) groups is 1. The molecule has 0 radical (unpaired) electrons. The van der Waals surface area contributed by atoms with Crippen molar-refractivity contribution in [3.05, 3.63) is 78.0 Å². The highest BCUT2D eigenvalue weighted by atomic mass is 35.5. The smallest absolute Gasteiger partial charge is 0.258 e. The minimum atomic E-state index is -0.275. The Morgan fingerprint density at radius 3 is 2.83 bits per heavy atom. The Hall–Kier alpha value is -3.62. The van der Waals surface area contributed by atoms with Crippen molar-refractivity contribution in [3.63, 3.8) is 0 Å². The first-order chi connectivity index (χ1) is 17.0. The number of rotatable bonds is 12. The molecule has 184 valence electrons. The number of aromatic nitrogens is 2. The van der Waals surface area contributed by atoms with E-state index < -0.39 is 0 Å². The van der Waals surface area contributed by atoms with Crippen LogP contribution in [0, 0.1) is 6.92 Å². The van der Waals surface area contributed by atoms with E-state index in [0.29, 0.717) is 40.8 Å². The molecule has 0 unspecified atom stereocenters. The fraction of sp³-hybridized carbons (Fsp3) is 0.269. The van der Waals surface area contributed by atoms with E-state index in [1.54, 1.807) is 13.3 Å². The van der Waals surface area contributed by atoms with Crippen molar-refractivity contribution < 1.29 is 19.0 Å². The van der Waals surface area contributed by atoms with Crippen molar-refractivity contribution in [3.8, 4) is 11.5 Å². The predicted octanol–water partition coefficient (Wildman–Crippen LogP) is 4.80. The highest BCUT2D eigenvalue weighted by Crippen LogP contribution is 2.34. The lowest BCUT2D eigenvalue weighted by Gasteiger charge is -2.19. The average molecular weight is 497 g/mol. The first-order valence-electron chi connectivity index (χ1n) is 11.1. The molecule has 1 aromatic carbocycles. The third kappa shape index (κ3) is 6.71. The van der Waals surface area contributed by atoms with Crippen molar-refractivity contribution >= 4 is 34.1 Å². The second kappa shape index (κ2) is 12.7. The van der Waals surface area contributed by atoms with Gasteiger partial charge in [-0.3, -0.25) is 9.78 Å². The summed E-state index contributed by atoms with van der Waals surface area (Å²) in [5.41, 5.74) is 3.07. The minimum Gasteiger partial charge on any atom is -0.486 e. The fourth-order valence-corrected chi connectivity index (χ4v) is 3.61. The van der Waals surface area contributed by atoms with E-state index in [1.165, 1.54) is 12.4 Å². The number of hydrogen-bond acceptors (Lipinski definition) is 7. The number of fused-ring (bicyclic) bond motifs is 1. The van der Waals surface area contributed by atoms with Gasteiger partial charge in [0, 0.05) is 43.3 Å². The van der Waals surface area contributed by atoms with Gasteiger partial charge in [-0.15, -0.1) is 0 Å². The summed E-state index contributed by atoms with van der Waals surface area (Å²) in [6, 6.07) is 7.74. The molecular weight excluding hydrogens is 468 g/mol. The van der Waals surface area contributed by atoms with Crippen molar-refractivity contribution in [2.45, 2.75) is 20.5 Å². The Kier molecular flexibility index (Phi) is 9.46. The number of nitrogens with zero attached hydrogens (tertiary/aromatic N) is 3. The fourth-order valence-electron chi connectivity index (χ4n) is 3.40. The van der Waals surface area contributed by atoms with Crippen LogP contribution in [-0.2, 0) is 16.1 Å². The maximum Gasteiger partial charge on any atom is 0.258 e. The second-order valence-electron chi connectivity index (χ2n) is 7.53. The standard InChI is InChI=1S/C26H29ClN4O4/c1-5-11-31(6-2)22-13-18(3)30-26-19(22)8-7-9-23(26)34-16-20-21(27)14-28-15-24(20)35-17-25(32)29-10-12-33-4/h5-9,11,13-15H,2,10,12,16-17H2,1,3-4H3,(H,29,32)/b11-5-. The number of anilines is 1. The minimum absolute atomic E-state index is 0.103. The SMILES string of the molecule is C=CN(/C=C\C)c1cc(C)nc2c(OCc3c(Cl)cncc3OCC(=O)NCCOC)cccc12. The van der Waals surface area contributed by atoms with Gasteiger partial charge in [0.05, 0.1) is 29.1 Å². The number of pyridine rings is 2. The number of hydrogen-bond donors (Lipinski definition) is 1. The molecule has 0 saturated carbocycles. The summed E-state index contributed by atoms with van der Waals surface area (Å²) < 4.78 is 16.8. The summed E-state index contributed by atoms with van der Waals surface area (Å²) in [7, 11) is 1.57. The number of ether oxygens (including phenoxy) is 3. The van der Waals surface area contributed by atoms with Gasteiger partial charge in [-0.2, -0.15) is 0 Å².